The van der Waals surface area contributed by atoms with E-state index in [1.165, 1.54) is 73.2 Å². The molecule has 1 aromatic heterocycles. The van der Waals surface area contributed by atoms with Gasteiger partial charge in [0.2, 0.25) is 0 Å². The molecule has 1 heterocycles. The fourth-order valence-corrected chi connectivity index (χ4v) is 4.36. The van der Waals surface area contributed by atoms with Crippen molar-refractivity contribution >= 4 is 21.8 Å². The lowest BCUT2D eigenvalue weighted by molar-refractivity contribution is 0.267. The SMILES string of the molecule is CCCCCC(C)(CCCCC)n1c2ccccc2c2ccccc21. The van der Waals surface area contributed by atoms with Crippen LogP contribution in [-0.2, 0) is 5.54 Å². The zero-order valence-electron chi connectivity index (χ0n) is 16.2. The third kappa shape index (κ3) is 3.61. The first-order chi connectivity index (χ1) is 12.2. The molecule has 0 aliphatic carbocycles. The van der Waals surface area contributed by atoms with Gasteiger partial charge in [-0.2, -0.15) is 0 Å². The van der Waals surface area contributed by atoms with E-state index < -0.39 is 0 Å². The topological polar surface area (TPSA) is 4.93 Å². The van der Waals surface area contributed by atoms with Crippen LogP contribution in [0.4, 0.5) is 0 Å². The van der Waals surface area contributed by atoms with Gasteiger partial charge in [0.05, 0.1) is 0 Å². The van der Waals surface area contributed by atoms with E-state index in [0.717, 1.165) is 0 Å². The quantitative estimate of drug-likeness (QED) is 0.353. The number of aromatic nitrogens is 1. The molecule has 0 saturated heterocycles. The normalized spacial score (nSPS) is 12.3. The minimum absolute atomic E-state index is 0.201. The molecule has 0 N–H and O–H groups in total. The van der Waals surface area contributed by atoms with Crippen LogP contribution in [0.2, 0.25) is 0 Å². The van der Waals surface area contributed by atoms with Crippen molar-refractivity contribution in [2.75, 3.05) is 0 Å². The molecule has 0 spiro atoms. The molecule has 25 heavy (non-hydrogen) atoms. The summed E-state index contributed by atoms with van der Waals surface area (Å²) in [6, 6.07) is 17.9. The van der Waals surface area contributed by atoms with E-state index in [9.17, 15) is 0 Å². The Balaban J connectivity index is 2.12. The summed E-state index contributed by atoms with van der Waals surface area (Å²) >= 11 is 0. The molecule has 134 valence electrons. The molecule has 0 aliphatic rings. The van der Waals surface area contributed by atoms with Crippen LogP contribution in [0.15, 0.2) is 48.5 Å². The lowest BCUT2D eigenvalue weighted by Gasteiger charge is -2.34. The first-order valence-corrected chi connectivity index (χ1v) is 10.2. The van der Waals surface area contributed by atoms with Crippen LogP contribution in [0.5, 0.6) is 0 Å². The van der Waals surface area contributed by atoms with Gasteiger partial charge in [-0.15, -0.1) is 0 Å². The van der Waals surface area contributed by atoms with Gasteiger partial charge in [-0.1, -0.05) is 88.8 Å². The first kappa shape index (κ1) is 18.0. The van der Waals surface area contributed by atoms with Crippen molar-refractivity contribution in [2.45, 2.75) is 77.7 Å². The fraction of sp³-hybridized carbons (Fsp3) is 0.500. The van der Waals surface area contributed by atoms with E-state index in [-0.39, 0.29) is 5.54 Å². The predicted molar refractivity (Wildman–Crippen MR) is 111 cm³/mol. The molecule has 0 saturated carbocycles. The number of para-hydroxylation sites is 2. The average Bonchev–Trinajstić information content (AvgIpc) is 2.97. The molecular weight excluding hydrogens is 302 g/mol. The highest BCUT2D eigenvalue weighted by atomic mass is 15.1. The Labute approximate surface area is 153 Å². The van der Waals surface area contributed by atoms with E-state index in [4.69, 9.17) is 0 Å². The Morgan fingerprint density at radius 3 is 1.56 bits per heavy atom. The first-order valence-electron chi connectivity index (χ1n) is 10.2. The average molecular weight is 336 g/mol. The molecule has 0 bridgehead atoms. The van der Waals surface area contributed by atoms with Gasteiger partial charge < -0.3 is 4.57 Å². The Hall–Kier alpha value is -1.76. The highest BCUT2D eigenvalue weighted by molar-refractivity contribution is 6.08. The Kier molecular flexibility index (Phi) is 5.83. The minimum atomic E-state index is 0.201. The van der Waals surface area contributed by atoms with Gasteiger partial charge >= 0.3 is 0 Å². The third-order valence-electron chi connectivity index (χ3n) is 5.76. The van der Waals surface area contributed by atoms with Crippen molar-refractivity contribution in [3.05, 3.63) is 48.5 Å². The summed E-state index contributed by atoms with van der Waals surface area (Å²) < 4.78 is 2.67. The molecule has 0 aliphatic heterocycles. The van der Waals surface area contributed by atoms with Crippen LogP contribution >= 0.6 is 0 Å². The van der Waals surface area contributed by atoms with Gasteiger partial charge in [-0.25, -0.2) is 0 Å². The van der Waals surface area contributed by atoms with E-state index >= 15 is 0 Å². The van der Waals surface area contributed by atoms with E-state index in [2.05, 4.69) is 73.9 Å². The van der Waals surface area contributed by atoms with Crippen molar-refractivity contribution in [1.29, 1.82) is 0 Å². The zero-order chi connectivity index (χ0) is 17.7. The number of benzene rings is 2. The van der Waals surface area contributed by atoms with Gasteiger partial charge in [-0.3, -0.25) is 0 Å². The van der Waals surface area contributed by atoms with Crippen molar-refractivity contribution in [3.63, 3.8) is 0 Å². The third-order valence-corrected chi connectivity index (χ3v) is 5.76. The standard InChI is InChI=1S/C24H33N/c1-4-6-12-18-24(3,19-13-7-5-2)25-22-16-10-8-14-20(22)21-15-9-11-17-23(21)25/h8-11,14-17H,4-7,12-13,18-19H2,1-3H3. The summed E-state index contributed by atoms with van der Waals surface area (Å²) in [6.07, 6.45) is 10.4. The summed E-state index contributed by atoms with van der Waals surface area (Å²) in [5, 5.41) is 2.80. The summed E-state index contributed by atoms with van der Waals surface area (Å²) in [5.74, 6) is 0. The molecule has 0 radical (unpaired) electrons. The highest BCUT2D eigenvalue weighted by Gasteiger charge is 2.28. The second-order valence-corrected chi connectivity index (χ2v) is 7.78. The molecule has 0 unspecified atom stereocenters. The van der Waals surface area contributed by atoms with Crippen LogP contribution in [0.1, 0.15) is 72.1 Å². The number of nitrogens with zero attached hydrogens (tertiary/aromatic N) is 1. The summed E-state index contributed by atoms with van der Waals surface area (Å²) in [5.41, 5.74) is 3.01. The van der Waals surface area contributed by atoms with E-state index in [1.807, 2.05) is 0 Å². The number of hydrogen-bond acceptors (Lipinski definition) is 0. The lowest BCUT2D eigenvalue weighted by Crippen LogP contribution is -2.30. The van der Waals surface area contributed by atoms with Crippen LogP contribution in [0, 0.1) is 0 Å². The molecule has 3 aromatic rings. The van der Waals surface area contributed by atoms with Crippen LogP contribution in [0.3, 0.4) is 0 Å². The van der Waals surface area contributed by atoms with Crippen molar-refractivity contribution in [3.8, 4) is 0 Å². The molecule has 3 rings (SSSR count). The number of unbranched alkanes of at least 4 members (excludes halogenated alkanes) is 4. The van der Waals surface area contributed by atoms with Gasteiger partial charge in [0.25, 0.3) is 0 Å². The second-order valence-electron chi connectivity index (χ2n) is 7.78. The van der Waals surface area contributed by atoms with Gasteiger partial charge in [0, 0.05) is 27.3 Å². The monoisotopic (exact) mass is 335 g/mol. The predicted octanol–water partition coefficient (Wildman–Crippen LogP) is 7.67. The van der Waals surface area contributed by atoms with Gasteiger partial charge in [0.1, 0.15) is 0 Å². The van der Waals surface area contributed by atoms with Gasteiger partial charge in [0.15, 0.2) is 0 Å². The zero-order valence-corrected chi connectivity index (χ0v) is 16.2. The van der Waals surface area contributed by atoms with Crippen LogP contribution in [-0.4, -0.2) is 4.57 Å². The maximum absolute atomic E-state index is 2.67. The summed E-state index contributed by atoms with van der Waals surface area (Å²) in [6.45, 7) is 7.10. The molecule has 0 fully saturated rings. The number of hydrogen-bond donors (Lipinski definition) is 0. The van der Waals surface area contributed by atoms with E-state index in [0.29, 0.717) is 0 Å². The Bertz CT molecular complexity index is 748. The van der Waals surface area contributed by atoms with Crippen molar-refractivity contribution < 1.29 is 0 Å². The maximum atomic E-state index is 2.67. The number of rotatable bonds is 9. The van der Waals surface area contributed by atoms with Gasteiger partial charge in [-0.05, 0) is 31.9 Å². The molecule has 2 aromatic carbocycles. The second kappa shape index (κ2) is 8.08. The van der Waals surface area contributed by atoms with Crippen LogP contribution < -0.4 is 0 Å². The minimum Gasteiger partial charge on any atom is -0.335 e. The van der Waals surface area contributed by atoms with Crippen molar-refractivity contribution in [1.82, 2.24) is 4.57 Å². The largest absolute Gasteiger partial charge is 0.335 e. The lowest BCUT2D eigenvalue weighted by atomic mass is 9.87. The molecular formula is C24H33N. The molecule has 0 amide bonds. The van der Waals surface area contributed by atoms with Crippen LogP contribution in [0.25, 0.3) is 21.8 Å². The summed E-state index contributed by atoms with van der Waals surface area (Å²) in [4.78, 5) is 0. The molecule has 0 atom stereocenters. The van der Waals surface area contributed by atoms with Crippen molar-refractivity contribution in [2.24, 2.45) is 0 Å². The smallest absolute Gasteiger partial charge is 0.0496 e. The number of fused-ring (bicyclic) bond motifs is 3. The summed E-state index contributed by atoms with van der Waals surface area (Å²) in [7, 11) is 0. The molecule has 1 heteroatoms. The Morgan fingerprint density at radius 1 is 0.680 bits per heavy atom. The van der Waals surface area contributed by atoms with E-state index in [1.54, 1.807) is 0 Å². The molecule has 1 nitrogen and oxygen atoms in total. The highest BCUT2D eigenvalue weighted by Crippen LogP contribution is 2.39. The Morgan fingerprint density at radius 2 is 1.12 bits per heavy atom. The fourth-order valence-electron chi connectivity index (χ4n) is 4.36. The maximum Gasteiger partial charge on any atom is 0.0496 e.